The van der Waals surface area contributed by atoms with Gasteiger partial charge in [0.05, 0.1) is 0 Å². The summed E-state index contributed by atoms with van der Waals surface area (Å²) < 4.78 is 15.1. The van der Waals surface area contributed by atoms with E-state index in [0.29, 0.717) is 0 Å². The van der Waals surface area contributed by atoms with Gasteiger partial charge in [0.1, 0.15) is 0 Å². The summed E-state index contributed by atoms with van der Waals surface area (Å²) in [6.07, 6.45) is 4.77. The summed E-state index contributed by atoms with van der Waals surface area (Å²) in [5.41, 5.74) is 0. The Morgan fingerprint density at radius 3 is 0.941 bits per heavy atom. The van der Waals surface area contributed by atoms with Crippen LogP contribution in [0.15, 0.2) is 0 Å². The summed E-state index contributed by atoms with van der Waals surface area (Å²) in [7, 11) is 0. The molecule has 0 heterocycles. The summed E-state index contributed by atoms with van der Waals surface area (Å²) in [6.45, 7) is 13.3. The third-order valence-electron chi connectivity index (χ3n) is 2.56. The van der Waals surface area contributed by atoms with E-state index in [9.17, 15) is 0 Å². The molecule has 0 unspecified atom stereocenters. The molecular weight excluding hydrogens is 379 g/mol. The predicted octanol–water partition coefficient (Wildman–Crippen LogP) is 1.80. The Morgan fingerprint density at radius 1 is 0.529 bits per heavy atom. The molecule has 0 amide bonds. The normalized spacial score (nSPS) is 12.0. The zero-order valence-corrected chi connectivity index (χ0v) is 15.7. The molecule has 4 nitrogen and oxygen atoms in total. The Kier molecular flexibility index (Phi) is 12.3. The van der Waals surface area contributed by atoms with Crippen LogP contribution in [0.2, 0.25) is 0 Å². The summed E-state index contributed by atoms with van der Waals surface area (Å²) in [5, 5.41) is 0. The zero-order valence-electron chi connectivity index (χ0n) is 12.2. The van der Waals surface area contributed by atoms with Crippen molar-refractivity contribution in [3.63, 3.8) is 0 Å². The first-order valence-corrected chi connectivity index (χ1v) is 14.4. The van der Waals surface area contributed by atoms with Gasteiger partial charge in [-0.2, -0.15) is 0 Å². The average molecular weight is 411 g/mol. The van der Waals surface area contributed by atoms with Gasteiger partial charge in [0, 0.05) is 0 Å². The summed E-state index contributed by atoms with van der Waals surface area (Å²) >= 11 is -2.83. The number of hydrogen-bond donors (Lipinski definition) is 4. The van der Waals surface area contributed by atoms with E-state index in [0.717, 1.165) is 26.2 Å². The van der Waals surface area contributed by atoms with Crippen LogP contribution in [0.4, 0.5) is 0 Å². The van der Waals surface area contributed by atoms with Crippen molar-refractivity contribution in [3.8, 4) is 0 Å². The van der Waals surface area contributed by atoms with Crippen molar-refractivity contribution in [1.82, 2.24) is 13.2 Å². The van der Waals surface area contributed by atoms with Crippen molar-refractivity contribution in [1.29, 1.82) is 0 Å². The predicted molar refractivity (Wildman–Crippen MR) is 73.2 cm³/mol. The summed E-state index contributed by atoms with van der Waals surface area (Å²) in [5.74, 6) is 0. The van der Waals surface area contributed by atoms with Gasteiger partial charge in [-0.1, -0.05) is 0 Å². The maximum absolute atomic E-state index is 3.78. The van der Waals surface area contributed by atoms with Gasteiger partial charge in [-0.3, -0.25) is 0 Å². The standard InChI is InChI=1S/4C3H8N.Hf/c4*1-2-3-4;/h4*4H,2-3H2,1H3;/q4*-1;+4. The molecule has 5 heteroatoms. The van der Waals surface area contributed by atoms with E-state index < -0.39 is 21.1 Å². The van der Waals surface area contributed by atoms with Gasteiger partial charge in [-0.05, 0) is 0 Å². The Balaban J connectivity index is 4.39. The van der Waals surface area contributed by atoms with E-state index in [1.54, 1.807) is 0 Å². The van der Waals surface area contributed by atoms with Gasteiger partial charge in [0.15, 0.2) is 0 Å². The Hall–Kier alpha value is 0.710. The van der Waals surface area contributed by atoms with E-state index in [1.165, 1.54) is 25.7 Å². The molecule has 0 saturated carbocycles. The first-order valence-electron chi connectivity index (χ1n) is 7.24. The second-order valence-corrected chi connectivity index (χ2v) is 14.9. The molecule has 0 bridgehead atoms. The Morgan fingerprint density at radius 2 is 0.765 bits per heavy atom. The van der Waals surface area contributed by atoms with Crippen LogP contribution in [0.25, 0.3) is 0 Å². The summed E-state index contributed by atoms with van der Waals surface area (Å²) in [4.78, 5) is 0. The average Bonchev–Trinajstić information content (AvgIpc) is 2.37. The minimum atomic E-state index is -2.83. The van der Waals surface area contributed by atoms with Crippen LogP contribution in [-0.2, 0) is 21.1 Å². The van der Waals surface area contributed by atoms with Crippen LogP contribution in [-0.4, -0.2) is 26.2 Å². The quantitative estimate of drug-likeness (QED) is 0.371. The molecule has 0 spiro atoms. The molecule has 0 aromatic heterocycles. The van der Waals surface area contributed by atoms with Crippen molar-refractivity contribution in [2.75, 3.05) is 26.2 Å². The third kappa shape index (κ3) is 8.43. The van der Waals surface area contributed by atoms with Crippen LogP contribution in [0.3, 0.4) is 0 Å². The van der Waals surface area contributed by atoms with Crippen molar-refractivity contribution < 1.29 is 21.1 Å². The second kappa shape index (κ2) is 11.8. The van der Waals surface area contributed by atoms with Crippen molar-refractivity contribution in [3.05, 3.63) is 0 Å². The van der Waals surface area contributed by atoms with Crippen LogP contribution >= 0.6 is 0 Å². The van der Waals surface area contributed by atoms with Gasteiger partial charge >= 0.3 is 114 Å². The van der Waals surface area contributed by atoms with Crippen molar-refractivity contribution >= 4 is 0 Å². The fourth-order valence-corrected chi connectivity index (χ4v) is 13.3. The first-order chi connectivity index (χ1) is 8.24. The van der Waals surface area contributed by atoms with Crippen LogP contribution in [0, 0.1) is 0 Å². The number of hydrogen-bond acceptors (Lipinski definition) is 4. The van der Waals surface area contributed by atoms with E-state index >= 15 is 0 Å². The molecule has 0 aromatic rings. The molecular formula is C12H32HfN4. The Labute approximate surface area is 114 Å². The molecule has 104 valence electrons. The van der Waals surface area contributed by atoms with Crippen LogP contribution < -0.4 is 13.2 Å². The number of nitrogens with one attached hydrogen (secondary N) is 4. The van der Waals surface area contributed by atoms with Crippen molar-refractivity contribution in [2.45, 2.75) is 53.4 Å². The van der Waals surface area contributed by atoms with E-state index in [1.807, 2.05) is 0 Å². The molecule has 0 aliphatic heterocycles. The molecule has 0 radical (unpaired) electrons. The molecule has 0 rings (SSSR count). The monoisotopic (exact) mass is 412 g/mol. The number of rotatable bonds is 12. The molecule has 0 atom stereocenters. The molecule has 0 aromatic carbocycles. The molecule has 0 aliphatic rings. The SMILES string of the molecule is CCC[NH][Hf]([NH]CCC)([NH]CCC)[NH]CCC. The molecule has 17 heavy (non-hydrogen) atoms. The van der Waals surface area contributed by atoms with Gasteiger partial charge in [0.25, 0.3) is 0 Å². The zero-order chi connectivity index (χ0) is 13.0. The maximum atomic E-state index is 3.78. The van der Waals surface area contributed by atoms with Gasteiger partial charge in [-0.15, -0.1) is 0 Å². The van der Waals surface area contributed by atoms with E-state index in [-0.39, 0.29) is 0 Å². The second-order valence-electron chi connectivity index (χ2n) is 4.46. The van der Waals surface area contributed by atoms with E-state index in [4.69, 9.17) is 0 Å². The molecule has 0 fully saturated rings. The Bertz CT molecular complexity index is 129. The fraction of sp³-hybridized carbons (Fsp3) is 1.00. The molecule has 0 aliphatic carbocycles. The van der Waals surface area contributed by atoms with Gasteiger partial charge in [-0.25, -0.2) is 0 Å². The van der Waals surface area contributed by atoms with Gasteiger partial charge < -0.3 is 0 Å². The molecule has 4 N–H and O–H groups in total. The molecule has 0 saturated heterocycles. The topological polar surface area (TPSA) is 48.1 Å². The van der Waals surface area contributed by atoms with Gasteiger partial charge in [0.2, 0.25) is 0 Å². The van der Waals surface area contributed by atoms with Crippen LogP contribution in [0.5, 0.6) is 0 Å². The third-order valence-corrected chi connectivity index (χ3v) is 13.8. The first kappa shape index (κ1) is 17.7. The van der Waals surface area contributed by atoms with E-state index in [2.05, 4.69) is 40.9 Å². The van der Waals surface area contributed by atoms with Crippen LogP contribution in [0.1, 0.15) is 53.4 Å². The minimum absolute atomic E-state index is 1.10. The van der Waals surface area contributed by atoms with Crippen molar-refractivity contribution in [2.24, 2.45) is 0 Å². The fourth-order valence-electron chi connectivity index (χ4n) is 1.62. The summed E-state index contributed by atoms with van der Waals surface area (Å²) in [6, 6.07) is 0.